The van der Waals surface area contributed by atoms with E-state index in [9.17, 15) is 0 Å². The highest BCUT2D eigenvalue weighted by atomic mass is 14.7. The molecule has 0 aliphatic carbocycles. The first-order chi connectivity index (χ1) is 3.72. The summed E-state index contributed by atoms with van der Waals surface area (Å²) in [5.41, 5.74) is 0. The van der Waals surface area contributed by atoms with Crippen molar-refractivity contribution in [1.29, 1.82) is 0 Å². The van der Waals surface area contributed by atoms with Crippen LogP contribution in [0.1, 0.15) is 27.2 Å². The van der Waals surface area contributed by atoms with Crippen molar-refractivity contribution in [2.75, 3.05) is 0 Å². The molecule has 1 nitrogen and oxygen atoms in total. The third-order valence-corrected chi connectivity index (χ3v) is 1.42. The fourth-order valence-corrected chi connectivity index (χ4v) is 0.811. The summed E-state index contributed by atoms with van der Waals surface area (Å²) < 4.78 is 0. The number of rotatable bonds is 3. The maximum atomic E-state index is 3.96. The molecule has 1 heteroatoms. The lowest BCUT2D eigenvalue weighted by molar-refractivity contribution is 0.486. The predicted molar refractivity (Wildman–Crippen MR) is 38.5 cm³/mol. The SMILES string of the molecule is C=NC(CC)C(C)C. The van der Waals surface area contributed by atoms with Gasteiger partial charge in [0.2, 0.25) is 0 Å². The zero-order valence-corrected chi connectivity index (χ0v) is 6.02. The first-order valence-corrected chi connectivity index (χ1v) is 3.18. The quantitative estimate of drug-likeness (QED) is 0.497. The van der Waals surface area contributed by atoms with Crippen LogP contribution in [-0.4, -0.2) is 12.8 Å². The van der Waals surface area contributed by atoms with Gasteiger partial charge in [-0.3, -0.25) is 4.99 Å². The van der Waals surface area contributed by atoms with Gasteiger partial charge in [-0.25, -0.2) is 0 Å². The van der Waals surface area contributed by atoms with Crippen LogP contribution in [0, 0.1) is 5.92 Å². The van der Waals surface area contributed by atoms with E-state index in [0.29, 0.717) is 12.0 Å². The minimum Gasteiger partial charge on any atom is -0.297 e. The highest BCUT2D eigenvalue weighted by Gasteiger charge is 2.05. The molecule has 0 aromatic rings. The van der Waals surface area contributed by atoms with Gasteiger partial charge in [-0.2, -0.15) is 0 Å². The Hall–Kier alpha value is -0.330. The lowest BCUT2D eigenvalue weighted by Gasteiger charge is -2.11. The first-order valence-electron chi connectivity index (χ1n) is 3.18. The summed E-state index contributed by atoms with van der Waals surface area (Å²) in [5, 5.41) is 0. The largest absolute Gasteiger partial charge is 0.297 e. The van der Waals surface area contributed by atoms with Gasteiger partial charge < -0.3 is 0 Å². The predicted octanol–water partition coefficient (Wildman–Crippen LogP) is 2.12. The van der Waals surface area contributed by atoms with Crippen molar-refractivity contribution in [3.8, 4) is 0 Å². The monoisotopic (exact) mass is 113 g/mol. The highest BCUT2D eigenvalue weighted by Crippen LogP contribution is 2.07. The fraction of sp³-hybridized carbons (Fsp3) is 0.857. The average molecular weight is 113 g/mol. The Morgan fingerprint density at radius 3 is 2.00 bits per heavy atom. The molecule has 0 bridgehead atoms. The summed E-state index contributed by atoms with van der Waals surface area (Å²) in [6.07, 6.45) is 1.11. The molecular formula is C7H15N. The Morgan fingerprint density at radius 2 is 2.00 bits per heavy atom. The van der Waals surface area contributed by atoms with Crippen LogP contribution in [0.25, 0.3) is 0 Å². The van der Waals surface area contributed by atoms with E-state index < -0.39 is 0 Å². The van der Waals surface area contributed by atoms with Crippen LogP contribution in [0.3, 0.4) is 0 Å². The third kappa shape index (κ3) is 2.10. The van der Waals surface area contributed by atoms with Gasteiger partial charge in [-0.1, -0.05) is 20.8 Å². The molecule has 0 saturated heterocycles. The molecule has 0 aliphatic rings. The zero-order valence-electron chi connectivity index (χ0n) is 6.02. The van der Waals surface area contributed by atoms with Gasteiger partial charge in [0.25, 0.3) is 0 Å². The average Bonchev–Trinajstić information content (AvgIpc) is 1.69. The second kappa shape index (κ2) is 3.65. The maximum absolute atomic E-state index is 3.96. The summed E-state index contributed by atoms with van der Waals surface area (Å²) in [7, 11) is 0. The normalized spacial score (nSPS) is 14.0. The molecule has 0 spiro atoms. The number of hydrogen-bond acceptors (Lipinski definition) is 1. The van der Waals surface area contributed by atoms with Gasteiger partial charge in [0.05, 0.1) is 6.04 Å². The number of aliphatic imine (C=N–C) groups is 1. The van der Waals surface area contributed by atoms with Crippen molar-refractivity contribution < 1.29 is 0 Å². The van der Waals surface area contributed by atoms with Crippen LogP contribution in [0.2, 0.25) is 0 Å². The van der Waals surface area contributed by atoms with E-state index >= 15 is 0 Å². The molecule has 0 aromatic heterocycles. The van der Waals surface area contributed by atoms with Gasteiger partial charge in [-0.05, 0) is 19.1 Å². The molecule has 0 N–H and O–H groups in total. The van der Waals surface area contributed by atoms with Crippen molar-refractivity contribution in [3.63, 3.8) is 0 Å². The molecule has 0 saturated carbocycles. The minimum absolute atomic E-state index is 0.468. The van der Waals surface area contributed by atoms with E-state index in [0.717, 1.165) is 6.42 Å². The van der Waals surface area contributed by atoms with Crippen molar-refractivity contribution in [3.05, 3.63) is 0 Å². The van der Waals surface area contributed by atoms with Crippen molar-refractivity contribution in [1.82, 2.24) is 0 Å². The summed E-state index contributed by atoms with van der Waals surface area (Å²) in [6, 6.07) is 0.468. The molecule has 0 rings (SSSR count). The Morgan fingerprint density at radius 1 is 1.50 bits per heavy atom. The molecule has 0 amide bonds. The topological polar surface area (TPSA) is 12.4 Å². The molecule has 48 valence electrons. The molecule has 0 heterocycles. The first kappa shape index (κ1) is 7.67. The van der Waals surface area contributed by atoms with Crippen molar-refractivity contribution in [2.24, 2.45) is 10.9 Å². The van der Waals surface area contributed by atoms with E-state index in [4.69, 9.17) is 0 Å². The van der Waals surface area contributed by atoms with E-state index in [1.165, 1.54) is 0 Å². The second-order valence-electron chi connectivity index (χ2n) is 2.40. The Kier molecular flexibility index (Phi) is 3.49. The molecule has 0 radical (unpaired) electrons. The Balaban J connectivity index is 3.51. The van der Waals surface area contributed by atoms with Gasteiger partial charge in [0.1, 0.15) is 0 Å². The summed E-state index contributed by atoms with van der Waals surface area (Å²) in [4.78, 5) is 3.96. The Labute approximate surface area is 51.8 Å². The van der Waals surface area contributed by atoms with Crippen molar-refractivity contribution in [2.45, 2.75) is 33.2 Å². The van der Waals surface area contributed by atoms with Gasteiger partial charge in [0, 0.05) is 0 Å². The summed E-state index contributed by atoms with van der Waals surface area (Å²) >= 11 is 0. The molecule has 1 unspecified atom stereocenters. The zero-order chi connectivity index (χ0) is 6.57. The van der Waals surface area contributed by atoms with Crippen LogP contribution < -0.4 is 0 Å². The molecule has 0 aromatic carbocycles. The Bertz CT molecular complexity index is 66.8. The molecule has 1 atom stereocenters. The van der Waals surface area contributed by atoms with Gasteiger partial charge in [0.15, 0.2) is 0 Å². The van der Waals surface area contributed by atoms with E-state index in [2.05, 4.69) is 32.5 Å². The molecule has 8 heavy (non-hydrogen) atoms. The number of nitrogens with zero attached hydrogens (tertiary/aromatic N) is 1. The standard InChI is InChI=1S/C7H15N/c1-5-7(8-4)6(2)3/h6-7H,4-5H2,1-3H3. The van der Waals surface area contributed by atoms with Crippen LogP contribution in [0.5, 0.6) is 0 Å². The van der Waals surface area contributed by atoms with Crippen molar-refractivity contribution >= 4 is 6.72 Å². The van der Waals surface area contributed by atoms with Crippen LogP contribution in [0.4, 0.5) is 0 Å². The molecule has 0 fully saturated rings. The molecule has 0 aliphatic heterocycles. The van der Waals surface area contributed by atoms with Crippen LogP contribution in [-0.2, 0) is 0 Å². The highest BCUT2D eigenvalue weighted by molar-refractivity contribution is 5.24. The van der Waals surface area contributed by atoms with E-state index in [1.807, 2.05) is 0 Å². The lowest BCUT2D eigenvalue weighted by Crippen LogP contribution is -2.09. The molecular weight excluding hydrogens is 98.1 g/mol. The summed E-state index contributed by atoms with van der Waals surface area (Å²) in [6.45, 7) is 9.98. The second-order valence-corrected chi connectivity index (χ2v) is 2.40. The van der Waals surface area contributed by atoms with E-state index in [1.54, 1.807) is 0 Å². The minimum atomic E-state index is 0.468. The maximum Gasteiger partial charge on any atom is 0.0512 e. The van der Waals surface area contributed by atoms with E-state index in [-0.39, 0.29) is 0 Å². The van der Waals surface area contributed by atoms with Gasteiger partial charge >= 0.3 is 0 Å². The third-order valence-electron chi connectivity index (χ3n) is 1.42. The van der Waals surface area contributed by atoms with Gasteiger partial charge in [-0.15, -0.1) is 0 Å². The fourth-order valence-electron chi connectivity index (χ4n) is 0.811. The lowest BCUT2D eigenvalue weighted by atomic mass is 10.0. The van der Waals surface area contributed by atoms with Crippen LogP contribution in [0.15, 0.2) is 4.99 Å². The number of hydrogen-bond donors (Lipinski definition) is 0. The smallest absolute Gasteiger partial charge is 0.0512 e. The summed E-state index contributed by atoms with van der Waals surface area (Å²) in [5.74, 6) is 0.650. The van der Waals surface area contributed by atoms with Crippen LogP contribution >= 0.6 is 0 Å².